The third kappa shape index (κ3) is 4.24. The summed E-state index contributed by atoms with van der Waals surface area (Å²) in [6.07, 6.45) is 1.40. The Morgan fingerprint density at radius 3 is 2.59 bits per heavy atom. The van der Waals surface area contributed by atoms with Gasteiger partial charge in [0.05, 0.1) is 4.92 Å². The van der Waals surface area contributed by atoms with E-state index >= 15 is 0 Å². The highest BCUT2D eigenvalue weighted by molar-refractivity contribution is 6.31. The van der Waals surface area contributed by atoms with Crippen molar-refractivity contribution in [3.05, 3.63) is 45.1 Å². The quantitative estimate of drug-likeness (QED) is 0.509. The van der Waals surface area contributed by atoms with E-state index in [4.69, 9.17) is 11.6 Å². The number of carbonyl (C=O) groups is 1. The van der Waals surface area contributed by atoms with E-state index in [1.165, 1.54) is 25.1 Å². The predicted octanol–water partition coefficient (Wildman–Crippen LogP) is 3.15. The molecule has 1 N–H and O–H groups in total. The van der Waals surface area contributed by atoms with Crippen molar-refractivity contribution in [2.24, 2.45) is 0 Å². The molecule has 0 saturated carbocycles. The molecule has 90 valence electrons. The number of anilines is 1. The second kappa shape index (κ2) is 5.45. The molecule has 0 fully saturated rings. The fraction of sp³-hybridized carbons (Fsp3) is 0.182. The van der Waals surface area contributed by atoms with Crippen molar-refractivity contribution < 1.29 is 9.72 Å². The number of allylic oxidation sites excluding steroid dienone is 2. The number of halogens is 1. The van der Waals surface area contributed by atoms with Gasteiger partial charge in [-0.15, -0.1) is 0 Å². The summed E-state index contributed by atoms with van der Waals surface area (Å²) in [7, 11) is 0. The topological polar surface area (TPSA) is 72.2 Å². The third-order valence-corrected chi connectivity index (χ3v) is 2.07. The minimum Gasteiger partial charge on any atom is -0.359 e. The summed E-state index contributed by atoms with van der Waals surface area (Å²) >= 11 is 5.75. The molecule has 1 aromatic carbocycles. The molecule has 0 aliphatic carbocycles. The Morgan fingerprint density at radius 1 is 1.41 bits per heavy atom. The van der Waals surface area contributed by atoms with Crippen LogP contribution in [0.4, 0.5) is 11.4 Å². The molecule has 0 atom stereocenters. The second-order valence-electron chi connectivity index (χ2n) is 3.52. The van der Waals surface area contributed by atoms with E-state index in [0.29, 0.717) is 11.4 Å². The summed E-state index contributed by atoms with van der Waals surface area (Å²) in [4.78, 5) is 20.9. The molecule has 17 heavy (non-hydrogen) atoms. The summed E-state index contributed by atoms with van der Waals surface area (Å²) in [6.45, 7) is 3.11. The maximum Gasteiger partial charge on any atom is 0.272 e. The average Bonchev–Trinajstić information content (AvgIpc) is 2.14. The summed E-state index contributed by atoms with van der Waals surface area (Å²) in [5, 5.41) is 13.7. The van der Waals surface area contributed by atoms with Gasteiger partial charge in [-0.2, -0.15) is 0 Å². The van der Waals surface area contributed by atoms with Crippen molar-refractivity contribution in [2.75, 3.05) is 5.32 Å². The first kappa shape index (κ1) is 13.2. The van der Waals surface area contributed by atoms with Crippen molar-refractivity contribution in [3.63, 3.8) is 0 Å². The zero-order chi connectivity index (χ0) is 13.0. The van der Waals surface area contributed by atoms with E-state index in [-0.39, 0.29) is 16.5 Å². The van der Waals surface area contributed by atoms with Gasteiger partial charge >= 0.3 is 0 Å². The maximum atomic E-state index is 10.8. The van der Waals surface area contributed by atoms with Crippen LogP contribution in [0.5, 0.6) is 0 Å². The van der Waals surface area contributed by atoms with Gasteiger partial charge in [0.2, 0.25) is 0 Å². The van der Waals surface area contributed by atoms with Gasteiger partial charge in [0.25, 0.3) is 5.69 Å². The van der Waals surface area contributed by atoms with Crippen LogP contribution in [-0.4, -0.2) is 10.7 Å². The lowest BCUT2D eigenvalue weighted by Gasteiger charge is -2.06. The van der Waals surface area contributed by atoms with Crippen LogP contribution in [0.15, 0.2) is 30.0 Å². The first-order chi connectivity index (χ1) is 7.88. The molecule has 1 aromatic rings. The van der Waals surface area contributed by atoms with E-state index in [0.717, 1.165) is 0 Å². The average molecular weight is 255 g/mol. The van der Waals surface area contributed by atoms with Crippen molar-refractivity contribution in [1.29, 1.82) is 0 Å². The number of nitrogens with one attached hydrogen (secondary N) is 1. The maximum absolute atomic E-state index is 10.8. The lowest BCUT2D eigenvalue weighted by atomic mass is 10.2. The predicted molar refractivity (Wildman–Crippen MR) is 66.2 cm³/mol. The Hall–Kier alpha value is -1.88. The molecule has 6 heteroatoms. The Bertz CT molecular complexity index is 497. The molecule has 0 aliphatic rings. The standard InChI is InChI=1S/C11H11ClN2O3/c1-7(3-8(2)15)13-10-4-9(12)5-11(6-10)14(16)17/h3-6,13H,1-2H3/b7-3+. The number of carbonyl (C=O) groups excluding carboxylic acids is 1. The van der Waals surface area contributed by atoms with Crippen molar-refractivity contribution >= 4 is 28.8 Å². The van der Waals surface area contributed by atoms with Crippen molar-refractivity contribution in [3.8, 4) is 0 Å². The van der Waals surface area contributed by atoms with Gasteiger partial charge in [-0.3, -0.25) is 14.9 Å². The number of rotatable bonds is 4. The highest BCUT2D eigenvalue weighted by Gasteiger charge is 2.08. The summed E-state index contributed by atoms with van der Waals surface area (Å²) < 4.78 is 0. The fourth-order valence-electron chi connectivity index (χ4n) is 1.32. The fourth-order valence-corrected chi connectivity index (χ4v) is 1.55. The third-order valence-electron chi connectivity index (χ3n) is 1.85. The molecule has 0 aromatic heterocycles. The van der Waals surface area contributed by atoms with Crippen LogP contribution >= 0.6 is 11.6 Å². The zero-order valence-corrected chi connectivity index (χ0v) is 10.1. The lowest BCUT2D eigenvalue weighted by Crippen LogP contribution is -1.99. The highest BCUT2D eigenvalue weighted by Crippen LogP contribution is 2.24. The largest absolute Gasteiger partial charge is 0.359 e. The Balaban J connectivity index is 2.99. The van der Waals surface area contributed by atoms with E-state index in [1.807, 2.05) is 0 Å². The molecule has 0 amide bonds. The van der Waals surface area contributed by atoms with Gasteiger partial charge in [-0.05, 0) is 26.0 Å². The molecular weight excluding hydrogens is 244 g/mol. The van der Waals surface area contributed by atoms with Crippen LogP contribution in [0, 0.1) is 10.1 Å². The Kier molecular flexibility index (Phi) is 4.23. The monoisotopic (exact) mass is 254 g/mol. The number of benzene rings is 1. The molecule has 0 spiro atoms. The van der Waals surface area contributed by atoms with E-state index in [2.05, 4.69) is 5.32 Å². The number of non-ortho nitro benzene ring substituents is 1. The zero-order valence-electron chi connectivity index (χ0n) is 9.36. The SMILES string of the molecule is CC(=O)/C=C(\C)Nc1cc(Cl)cc([N+](=O)[O-])c1. The molecule has 0 saturated heterocycles. The lowest BCUT2D eigenvalue weighted by molar-refractivity contribution is -0.384. The summed E-state index contributed by atoms with van der Waals surface area (Å²) in [5.74, 6) is -0.105. The summed E-state index contributed by atoms with van der Waals surface area (Å²) in [5.41, 5.74) is 0.962. The van der Waals surface area contributed by atoms with Crippen LogP contribution in [0.3, 0.4) is 0 Å². The number of hydrogen-bond donors (Lipinski definition) is 1. The highest BCUT2D eigenvalue weighted by atomic mass is 35.5. The van der Waals surface area contributed by atoms with Crippen LogP contribution in [0.2, 0.25) is 5.02 Å². The van der Waals surface area contributed by atoms with Gasteiger partial charge in [-0.25, -0.2) is 0 Å². The van der Waals surface area contributed by atoms with Crippen LogP contribution < -0.4 is 5.32 Å². The number of hydrogen-bond acceptors (Lipinski definition) is 4. The molecule has 0 aliphatic heterocycles. The second-order valence-corrected chi connectivity index (χ2v) is 3.95. The molecule has 0 bridgehead atoms. The van der Waals surface area contributed by atoms with Crippen LogP contribution in [0.1, 0.15) is 13.8 Å². The number of nitro benzene ring substituents is 1. The molecule has 0 radical (unpaired) electrons. The van der Waals surface area contributed by atoms with Crippen molar-refractivity contribution in [1.82, 2.24) is 0 Å². The Labute approximate surface area is 103 Å². The first-order valence-corrected chi connectivity index (χ1v) is 5.17. The van der Waals surface area contributed by atoms with Gasteiger partial charge < -0.3 is 5.32 Å². The number of nitrogens with zero attached hydrogens (tertiary/aromatic N) is 1. The smallest absolute Gasteiger partial charge is 0.272 e. The molecule has 1 rings (SSSR count). The van der Waals surface area contributed by atoms with Gasteiger partial charge in [-0.1, -0.05) is 11.6 Å². The van der Waals surface area contributed by atoms with Crippen molar-refractivity contribution in [2.45, 2.75) is 13.8 Å². The first-order valence-electron chi connectivity index (χ1n) is 4.79. The van der Waals surface area contributed by atoms with Gasteiger partial charge in [0.15, 0.2) is 5.78 Å². The number of nitro groups is 1. The minimum atomic E-state index is -0.527. The van der Waals surface area contributed by atoms with Gasteiger partial charge in [0, 0.05) is 28.5 Å². The van der Waals surface area contributed by atoms with Crippen LogP contribution in [-0.2, 0) is 4.79 Å². The summed E-state index contributed by atoms with van der Waals surface area (Å²) in [6, 6.07) is 4.16. The normalized spacial score (nSPS) is 11.1. The van der Waals surface area contributed by atoms with Crippen LogP contribution in [0.25, 0.3) is 0 Å². The van der Waals surface area contributed by atoms with E-state index < -0.39 is 4.92 Å². The number of ketones is 1. The molecule has 5 nitrogen and oxygen atoms in total. The van der Waals surface area contributed by atoms with E-state index in [9.17, 15) is 14.9 Å². The molecule has 0 unspecified atom stereocenters. The Morgan fingerprint density at radius 2 is 2.06 bits per heavy atom. The molecule has 0 heterocycles. The van der Waals surface area contributed by atoms with Gasteiger partial charge in [0.1, 0.15) is 0 Å². The molecular formula is C11H11ClN2O3. The minimum absolute atomic E-state index is 0.101. The van der Waals surface area contributed by atoms with E-state index in [1.54, 1.807) is 13.0 Å².